The van der Waals surface area contributed by atoms with E-state index in [2.05, 4.69) is 56.1 Å². The lowest BCUT2D eigenvalue weighted by Crippen LogP contribution is -1.98. The van der Waals surface area contributed by atoms with Crippen LogP contribution in [0.25, 0.3) is 10.8 Å². The Morgan fingerprint density at radius 2 is 1.57 bits per heavy atom. The van der Waals surface area contributed by atoms with Gasteiger partial charge in [0.15, 0.2) is 0 Å². The summed E-state index contributed by atoms with van der Waals surface area (Å²) in [6.45, 7) is 1.94. The van der Waals surface area contributed by atoms with E-state index >= 15 is 0 Å². The topological polar surface area (TPSA) is 0 Å². The van der Waals surface area contributed by atoms with Crippen molar-refractivity contribution in [1.29, 1.82) is 0 Å². The van der Waals surface area contributed by atoms with Crippen molar-refractivity contribution in [3.8, 4) is 0 Å². The Balaban J connectivity index is 2.18. The van der Waals surface area contributed by atoms with Crippen LogP contribution in [0, 0.1) is 12.7 Å². The molecular weight excluding hydrogens is 395 g/mol. The molecule has 0 saturated carbocycles. The lowest BCUT2D eigenvalue weighted by Gasteiger charge is -2.16. The SMILES string of the molecule is Cc1cc(F)ccc1C(Br)c1ccc(Br)c2ccccc12. The zero-order chi connectivity index (χ0) is 15.0. The van der Waals surface area contributed by atoms with E-state index < -0.39 is 0 Å². The van der Waals surface area contributed by atoms with Crippen LogP contribution in [0.1, 0.15) is 21.5 Å². The highest BCUT2D eigenvalue weighted by atomic mass is 79.9. The second-order valence-corrected chi connectivity index (χ2v) is 6.82. The molecule has 3 rings (SSSR count). The third kappa shape index (κ3) is 2.77. The van der Waals surface area contributed by atoms with Crippen molar-refractivity contribution < 1.29 is 4.39 Å². The maximum absolute atomic E-state index is 13.3. The normalized spacial score (nSPS) is 12.6. The second kappa shape index (κ2) is 5.90. The Kier molecular flexibility index (Phi) is 4.14. The van der Waals surface area contributed by atoms with Crippen LogP contribution in [0.2, 0.25) is 0 Å². The van der Waals surface area contributed by atoms with Crippen LogP contribution in [0.15, 0.2) is 59.1 Å². The van der Waals surface area contributed by atoms with Crippen LogP contribution < -0.4 is 0 Å². The molecule has 0 nitrogen and oxygen atoms in total. The molecule has 0 aliphatic heterocycles. The van der Waals surface area contributed by atoms with Gasteiger partial charge < -0.3 is 0 Å². The zero-order valence-electron chi connectivity index (χ0n) is 11.4. The fourth-order valence-electron chi connectivity index (χ4n) is 2.60. The van der Waals surface area contributed by atoms with Crippen LogP contribution >= 0.6 is 31.9 Å². The minimum atomic E-state index is -0.198. The molecule has 0 bridgehead atoms. The van der Waals surface area contributed by atoms with Crippen LogP contribution in [0.3, 0.4) is 0 Å². The number of aryl methyl sites for hydroxylation is 1. The monoisotopic (exact) mass is 406 g/mol. The van der Waals surface area contributed by atoms with Crippen molar-refractivity contribution in [2.75, 3.05) is 0 Å². The molecule has 1 unspecified atom stereocenters. The van der Waals surface area contributed by atoms with Crippen molar-refractivity contribution in [2.24, 2.45) is 0 Å². The Labute approximate surface area is 140 Å². The first-order valence-corrected chi connectivity index (χ1v) is 8.36. The van der Waals surface area contributed by atoms with Crippen molar-refractivity contribution in [3.63, 3.8) is 0 Å². The third-order valence-electron chi connectivity index (χ3n) is 3.68. The first kappa shape index (κ1) is 14.7. The molecule has 0 N–H and O–H groups in total. The maximum Gasteiger partial charge on any atom is 0.123 e. The number of hydrogen-bond acceptors (Lipinski definition) is 0. The molecule has 0 aliphatic rings. The van der Waals surface area contributed by atoms with E-state index in [4.69, 9.17) is 0 Å². The van der Waals surface area contributed by atoms with Gasteiger partial charge in [0.25, 0.3) is 0 Å². The Morgan fingerprint density at radius 1 is 0.905 bits per heavy atom. The first-order chi connectivity index (χ1) is 10.1. The van der Waals surface area contributed by atoms with Gasteiger partial charge in [-0.1, -0.05) is 68.3 Å². The van der Waals surface area contributed by atoms with Crippen molar-refractivity contribution in [2.45, 2.75) is 11.8 Å². The van der Waals surface area contributed by atoms with Gasteiger partial charge in [0.2, 0.25) is 0 Å². The third-order valence-corrected chi connectivity index (χ3v) is 5.36. The summed E-state index contributed by atoms with van der Waals surface area (Å²) in [5.41, 5.74) is 3.22. The molecule has 0 fully saturated rings. The zero-order valence-corrected chi connectivity index (χ0v) is 14.6. The second-order valence-electron chi connectivity index (χ2n) is 5.05. The molecule has 0 aromatic heterocycles. The molecule has 0 radical (unpaired) electrons. The van der Waals surface area contributed by atoms with Crippen molar-refractivity contribution >= 4 is 42.6 Å². The fraction of sp³-hybridized carbons (Fsp3) is 0.111. The summed E-state index contributed by atoms with van der Waals surface area (Å²) in [4.78, 5) is 0.0381. The van der Waals surface area contributed by atoms with Crippen molar-refractivity contribution in [1.82, 2.24) is 0 Å². The van der Waals surface area contributed by atoms with Gasteiger partial charge in [-0.15, -0.1) is 0 Å². The Morgan fingerprint density at radius 3 is 2.29 bits per heavy atom. The number of hydrogen-bond donors (Lipinski definition) is 0. The molecule has 0 saturated heterocycles. The summed E-state index contributed by atoms with van der Waals surface area (Å²) in [5.74, 6) is -0.198. The number of fused-ring (bicyclic) bond motifs is 1. The summed E-state index contributed by atoms with van der Waals surface area (Å²) in [6.07, 6.45) is 0. The lowest BCUT2D eigenvalue weighted by molar-refractivity contribution is 0.626. The molecule has 1 atom stereocenters. The maximum atomic E-state index is 13.3. The number of benzene rings is 3. The van der Waals surface area contributed by atoms with E-state index in [9.17, 15) is 4.39 Å². The van der Waals surface area contributed by atoms with Crippen LogP contribution in [0.5, 0.6) is 0 Å². The smallest absolute Gasteiger partial charge is 0.123 e. The van der Waals surface area contributed by atoms with E-state index in [1.807, 2.05) is 25.1 Å². The van der Waals surface area contributed by atoms with Crippen LogP contribution in [-0.2, 0) is 0 Å². The highest BCUT2D eigenvalue weighted by Gasteiger charge is 2.16. The van der Waals surface area contributed by atoms with Gasteiger partial charge in [-0.3, -0.25) is 0 Å². The average Bonchev–Trinajstić information content (AvgIpc) is 2.47. The molecule has 106 valence electrons. The summed E-state index contributed by atoms with van der Waals surface area (Å²) in [7, 11) is 0. The molecule has 0 heterocycles. The molecule has 21 heavy (non-hydrogen) atoms. The largest absolute Gasteiger partial charge is 0.207 e. The minimum Gasteiger partial charge on any atom is -0.207 e. The molecule has 0 aliphatic carbocycles. The number of halogens is 3. The van der Waals surface area contributed by atoms with E-state index in [1.165, 1.54) is 22.4 Å². The molecule has 3 aromatic rings. The van der Waals surface area contributed by atoms with Crippen LogP contribution in [-0.4, -0.2) is 0 Å². The Hall–Kier alpha value is -1.19. The lowest BCUT2D eigenvalue weighted by atomic mass is 9.96. The van der Waals surface area contributed by atoms with Gasteiger partial charge >= 0.3 is 0 Å². The molecule has 0 spiro atoms. The Bertz CT molecular complexity index is 811. The number of rotatable bonds is 2. The van der Waals surface area contributed by atoms with Crippen molar-refractivity contribution in [3.05, 3.63) is 81.6 Å². The number of alkyl halides is 1. The fourth-order valence-corrected chi connectivity index (χ4v) is 3.99. The molecule has 3 heteroatoms. The van der Waals surface area contributed by atoms with Gasteiger partial charge in [0.05, 0.1) is 4.83 Å². The molecular formula is C18H13Br2F. The summed E-state index contributed by atoms with van der Waals surface area (Å²) in [6, 6.07) is 17.4. The quantitative estimate of drug-likeness (QED) is 0.423. The molecule has 3 aromatic carbocycles. The van der Waals surface area contributed by atoms with Gasteiger partial charge in [-0.05, 0) is 52.6 Å². The van der Waals surface area contributed by atoms with Crippen LogP contribution in [0.4, 0.5) is 4.39 Å². The molecule has 0 amide bonds. The highest BCUT2D eigenvalue weighted by Crippen LogP contribution is 2.38. The van der Waals surface area contributed by atoms with Gasteiger partial charge in [-0.2, -0.15) is 0 Å². The minimum absolute atomic E-state index is 0.0381. The van der Waals surface area contributed by atoms with Gasteiger partial charge in [-0.25, -0.2) is 4.39 Å². The van der Waals surface area contributed by atoms with E-state index in [0.717, 1.165) is 15.6 Å². The van der Waals surface area contributed by atoms with E-state index in [0.29, 0.717) is 0 Å². The van der Waals surface area contributed by atoms with E-state index in [1.54, 1.807) is 6.07 Å². The standard InChI is InChI=1S/C18H13Br2F/c1-11-10-12(21)6-7-13(11)18(20)16-8-9-17(19)15-5-3-2-4-14(15)16/h2-10,18H,1H3. The van der Waals surface area contributed by atoms with E-state index in [-0.39, 0.29) is 10.6 Å². The first-order valence-electron chi connectivity index (χ1n) is 6.65. The average molecular weight is 408 g/mol. The summed E-state index contributed by atoms with van der Waals surface area (Å²) >= 11 is 7.37. The predicted octanol–water partition coefficient (Wildman–Crippen LogP) is 6.53. The van der Waals surface area contributed by atoms with Gasteiger partial charge in [0.1, 0.15) is 5.82 Å². The predicted molar refractivity (Wildman–Crippen MR) is 93.6 cm³/mol. The highest BCUT2D eigenvalue weighted by molar-refractivity contribution is 9.10. The summed E-state index contributed by atoms with van der Waals surface area (Å²) in [5, 5.41) is 2.37. The van der Waals surface area contributed by atoms with Gasteiger partial charge in [0, 0.05) is 4.47 Å². The summed E-state index contributed by atoms with van der Waals surface area (Å²) < 4.78 is 14.4.